The van der Waals surface area contributed by atoms with Crippen molar-refractivity contribution in [1.29, 1.82) is 10.5 Å². The fourth-order valence-corrected chi connectivity index (χ4v) is 1.43. The smallest absolute Gasteiger partial charge is 0.146 e. The summed E-state index contributed by atoms with van der Waals surface area (Å²) in [6.07, 6.45) is 0. The van der Waals surface area contributed by atoms with E-state index in [9.17, 15) is 4.39 Å². The summed E-state index contributed by atoms with van der Waals surface area (Å²) < 4.78 is 13.6. The van der Waals surface area contributed by atoms with Crippen LogP contribution in [0, 0.1) is 28.5 Å². The molecule has 0 aliphatic rings. The van der Waals surface area contributed by atoms with Crippen LogP contribution in [0.5, 0.6) is 0 Å². The second-order valence-corrected chi connectivity index (χ2v) is 3.08. The highest BCUT2D eigenvalue weighted by molar-refractivity contribution is 5.56. The highest BCUT2D eigenvalue weighted by atomic mass is 19.1. The molecule has 1 aromatic rings. The average molecular weight is 219 g/mol. The van der Waals surface area contributed by atoms with Crippen molar-refractivity contribution < 1.29 is 9.50 Å². The standard InChI is InChI=1S/C11H10FN3O/c12-10-3-1-2-9(8-16)11(10)15(6-4-13)7-5-14/h1-3,16H,6-8H2. The third-order valence-corrected chi connectivity index (χ3v) is 2.08. The molecule has 0 fully saturated rings. The maximum absolute atomic E-state index is 13.6. The second-order valence-electron chi connectivity index (χ2n) is 3.08. The van der Waals surface area contributed by atoms with Crippen molar-refractivity contribution in [2.75, 3.05) is 18.0 Å². The zero-order chi connectivity index (χ0) is 12.0. The number of aliphatic hydroxyl groups excluding tert-OH is 1. The van der Waals surface area contributed by atoms with Gasteiger partial charge >= 0.3 is 0 Å². The van der Waals surface area contributed by atoms with Gasteiger partial charge in [-0.1, -0.05) is 12.1 Å². The van der Waals surface area contributed by atoms with E-state index in [0.717, 1.165) is 0 Å². The number of rotatable bonds is 4. The zero-order valence-corrected chi connectivity index (χ0v) is 8.52. The monoisotopic (exact) mass is 219 g/mol. The van der Waals surface area contributed by atoms with Crippen LogP contribution in [0.1, 0.15) is 5.56 Å². The largest absolute Gasteiger partial charge is 0.392 e. The molecule has 1 rings (SSSR count). The molecule has 0 radical (unpaired) electrons. The van der Waals surface area contributed by atoms with Gasteiger partial charge in [-0.15, -0.1) is 0 Å². The average Bonchev–Trinajstić information content (AvgIpc) is 2.28. The third kappa shape index (κ3) is 2.47. The fraction of sp³-hybridized carbons (Fsp3) is 0.273. The molecule has 0 amide bonds. The van der Waals surface area contributed by atoms with Crippen LogP contribution in [0.4, 0.5) is 10.1 Å². The van der Waals surface area contributed by atoms with E-state index in [4.69, 9.17) is 15.6 Å². The molecule has 0 atom stereocenters. The Balaban J connectivity index is 3.17. The van der Waals surface area contributed by atoms with Gasteiger partial charge in [0.05, 0.1) is 24.4 Å². The normalized spacial score (nSPS) is 9.25. The van der Waals surface area contributed by atoms with E-state index >= 15 is 0 Å². The van der Waals surface area contributed by atoms with Crippen molar-refractivity contribution >= 4 is 5.69 Å². The summed E-state index contributed by atoms with van der Waals surface area (Å²) >= 11 is 0. The van der Waals surface area contributed by atoms with Gasteiger partial charge < -0.3 is 10.0 Å². The van der Waals surface area contributed by atoms with Gasteiger partial charge in [0.2, 0.25) is 0 Å². The number of anilines is 1. The lowest BCUT2D eigenvalue weighted by molar-refractivity contribution is 0.281. The van der Waals surface area contributed by atoms with Gasteiger partial charge in [-0.25, -0.2) is 4.39 Å². The number of hydrogen-bond acceptors (Lipinski definition) is 4. The molecule has 0 saturated carbocycles. The third-order valence-electron chi connectivity index (χ3n) is 2.08. The van der Waals surface area contributed by atoms with Gasteiger partial charge in [-0.2, -0.15) is 10.5 Å². The Hall–Kier alpha value is -2.11. The summed E-state index contributed by atoms with van der Waals surface area (Å²) in [5, 5.41) is 26.3. The van der Waals surface area contributed by atoms with Crippen molar-refractivity contribution in [3.63, 3.8) is 0 Å². The number of hydrogen-bond donors (Lipinski definition) is 1. The first-order valence-electron chi connectivity index (χ1n) is 4.61. The molecule has 1 aromatic carbocycles. The van der Waals surface area contributed by atoms with Gasteiger partial charge in [0.25, 0.3) is 0 Å². The minimum atomic E-state index is -0.544. The number of nitrogens with zero attached hydrogens (tertiary/aromatic N) is 3. The maximum Gasteiger partial charge on any atom is 0.146 e. The van der Waals surface area contributed by atoms with Crippen molar-refractivity contribution in [2.24, 2.45) is 0 Å². The van der Waals surface area contributed by atoms with Crippen LogP contribution in [0.15, 0.2) is 18.2 Å². The van der Waals surface area contributed by atoms with Gasteiger partial charge in [0, 0.05) is 5.56 Å². The van der Waals surface area contributed by atoms with Crippen LogP contribution in [-0.2, 0) is 6.61 Å². The number of nitriles is 2. The van der Waals surface area contributed by atoms with Crippen LogP contribution in [-0.4, -0.2) is 18.2 Å². The number of aliphatic hydroxyl groups is 1. The molecule has 0 aliphatic carbocycles. The van der Waals surface area contributed by atoms with Crippen molar-refractivity contribution in [3.05, 3.63) is 29.6 Å². The van der Waals surface area contributed by atoms with Crippen LogP contribution in [0.2, 0.25) is 0 Å². The van der Waals surface area contributed by atoms with Gasteiger partial charge in [0.15, 0.2) is 0 Å². The summed E-state index contributed by atoms with van der Waals surface area (Å²) in [7, 11) is 0. The first-order chi connectivity index (χ1) is 7.74. The lowest BCUT2D eigenvalue weighted by Gasteiger charge is -2.21. The Morgan fingerprint density at radius 3 is 2.38 bits per heavy atom. The lowest BCUT2D eigenvalue weighted by Crippen LogP contribution is -2.26. The van der Waals surface area contributed by atoms with Gasteiger partial charge in [0.1, 0.15) is 18.9 Å². The molecule has 0 saturated heterocycles. The summed E-state index contributed by atoms with van der Waals surface area (Å²) in [5.74, 6) is -0.544. The Morgan fingerprint density at radius 2 is 1.88 bits per heavy atom. The maximum atomic E-state index is 13.6. The van der Waals surface area contributed by atoms with Crippen LogP contribution in [0.3, 0.4) is 0 Å². The molecule has 0 aliphatic heterocycles. The van der Waals surface area contributed by atoms with Crippen molar-refractivity contribution in [2.45, 2.75) is 6.61 Å². The first kappa shape index (κ1) is 12.0. The molecule has 16 heavy (non-hydrogen) atoms. The van der Waals surface area contributed by atoms with Gasteiger partial charge in [-0.05, 0) is 6.07 Å². The highest BCUT2D eigenvalue weighted by Crippen LogP contribution is 2.24. The first-order valence-corrected chi connectivity index (χ1v) is 4.61. The summed E-state index contributed by atoms with van der Waals surface area (Å²) in [4.78, 5) is 1.29. The Labute approximate surface area is 92.8 Å². The summed E-state index contributed by atoms with van der Waals surface area (Å²) in [5.41, 5.74) is 0.485. The minimum Gasteiger partial charge on any atom is -0.392 e. The zero-order valence-electron chi connectivity index (χ0n) is 8.52. The fourth-order valence-electron chi connectivity index (χ4n) is 1.43. The van der Waals surface area contributed by atoms with Crippen LogP contribution >= 0.6 is 0 Å². The molecule has 4 nitrogen and oxygen atoms in total. The van der Waals surface area contributed by atoms with Crippen molar-refractivity contribution in [1.82, 2.24) is 0 Å². The molecular weight excluding hydrogens is 209 g/mol. The Bertz CT molecular complexity index is 432. The van der Waals surface area contributed by atoms with Crippen LogP contribution in [0.25, 0.3) is 0 Å². The molecule has 0 unspecified atom stereocenters. The van der Waals surface area contributed by atoms with E-state index < -0.39 is 5.82 Å². The number of benzene rings is 1. The summed E-state index contributed by atoms with van der Waals surface area (Å²) in [6.45, 7) is -0.524. The minimum absolute atomic E-state index is 0.0957. The van der Waals surface area contributed by atoms with Crippen LogP contribution < -0.4 is 4.90 Å². The topological polar surface area (TPSA) is 71.0 Å². The molecule has 82 valence electrons. The number of halogens is 1. The Morgan fingerprint density at radius 1 is 1.25 bits per heavy atom. The molecule has 1 N–H and O–H groups in total. The summed E-state index contributed by atoms with van der Waals surface area (Å²) in [6, 6.07) is 7.97. The molecule has 0 heterocycles. The van der Waals surface area contributed by atoms with E-state index in [1.165, 1.54) is 17.0 Å². The molecule has 0 bridgehead atoms. The number of para-hydroxylation sites is 1. The van der Waals surface area contributed by atoms with E-state index in [2.05, 4.69) is 0 Å². The second kappa shape index (κ2) is 5.69. The molecule has 0 spiro atoms. The molecule has 0 aromatic heterocycles. The lowest BCUT2D eigenvalue weighted by atomic mass is 10.1. The molecule has 5 heteroatoms. The highest BCUT2D eigenvalue weighted by Gasteiger charge is 2.14. The van der Waals surface area contributed by atoms with E-state index in [-0.39, 0.29) is 25.4 Å². The van der Waals surface area contributed by atoms with E-state index in [1.807, 2.05) is 12.1 Å². The predicted octanol–water partition coefficient (Wildman–Crippen LogP) is 1.17. The van der Waals surface area contributed by atoms with E-state index in [0.29, 0.717) is 5.56 Å². The predicted molar refractivity (Wildman–Crippen MR) is 55.8 cm³/mol. The van der Waals surface area contributed by atoms with Crippen molar-refractivity contribution in [3.8, 4) is 12.1 Å². The molecular formula is C11H10FN3O. The van der Waals surface area contributed by atoms with E-state index in [1.54, 1.807) is 6.07 Å². The Kier molecular flexibility index (Phi) is 4.26. The quantitative estimate of drug-likeness (QED) is 0.771. The SMILES string of the molecule is N#CCN(CC#N)c1c(F)cccc1CO. The van der Waals surface area contributed by atoms with Gasteiger partial charge in [-0.3, -0.25) is 0 Å².